The van der Waals surface area contributed by atoms with Crippen LogP contribution < -0.4 is 0 Å². The Morgan fingerprint density at radius 3 is 2.39 bits per heavy atom. The van der Waals surface area contributed by atoms with Crippen LogP contribution in [-0.2, 0) is 9.47 Å². The highest BCUT2D eigenvalue weighted by molar-refractivity contribution is 5.11. The van der Waals surface area contributed by atoms with Gasteiger partial charge < -0.3 is 9.47 Å². The average molecular weight is 252 g/mol. The first-order chi connectivity index (χ1) is 8.62. The van der Waals surface area contributed by atoms with Crippen molar-refractivity contribution in [3.8, 4) is 0 Å². The lowest BCUT2D eigenvalue weighted by Gasteiger charge is -2.35. The van der Waals surface area contributed by atoms with Crippen molar-refractivity contribution in [2.45, 2.75) is 46.0 Å². The van der Waals surface area contributed by atoms with Gasteiger partial charge in [0.2, 0.25) is 0 Å². The van der Waals surface area contributed by atoms with Crippen LogP contribution in [0.2, 0.25) is 0 Å². The van der Waals surface area contributed by atoms with E-state index < -0.39 is 0 Å². The molecular weight excluding hydrogens is 224 g/mol. The molecule has 0 heterocycles. The van der Waals surface area contributed by atoms with Gasteiger partial charge in [-0.25, -0.2) is 0 Å². The molecule has 1 aliphatic carbocycles. The number of allylic oxidation sites excluding steroid dienone is 4. The van der Waals surface area contributed by atoms with E-state index >= 15 is 0 Å². The first-order valence-electron chi connectivity index (χ1n) is 6.91. The summed E-state index contributed by atoms with van der Waals surface area (Å²) in [5.41, 5.74) is 3.23. The van der Waals surface area contributed by atoms with Crippen LogP contribution in [0.5, 0.6) is 0 Å². The van der Waals surface area contributed by atoms with Crippen LogP contribution >= 0.6 is 0 Å². The number of rotatable bonds is 7. The highest BCUT2D eigenvalue weighted by Crippen LogP contribution is 2.37. The zero-order chi connectivity index (χ0) is 13.4. The van der Waals surface area contributed by atoms with Crippen molar-refractivity contribution in [1.29, 1.82) is 0 Å². The molecule has 0 bridgehead atoms. The van der Waals surface area contributed by atoms with E-state index in [1.54, 1.807) is 19.8 Å². The standard InChI is InChI=1S/C16H28O2/c1-14(2)6-5-7-15-8-10-16(11-9-15,12-17-3)13-18-4/h6,8H,5,7,9-13H2,1-4H3. The summed E-state index contributed by atoms with van der Waals surface area (Å²) in [5.74, 6) is 0. The van der Waals surface area contributed by atoms with Gasteiger partial charge in [0, 0.05) is 19.6 Å². The van der Waals surface area contributed by atoms with Crippen molar-refractivity contribution < 1.29 is 9.47 Å². The van der Waals surface area contributed by atoms with E-state index in [0.29, 0.717) is 0 Å². The Hall–Kier alpha value is -0.600. The van der Waals surface area contributed by atoms with Gasteiger partial charge in [0.15, 0.2) is 0 Å². The van der Waals surface area contributed by atoms with E-state index in [2.05, 4.69) is 26.0 Å². The first-order valence-corrected chi connectivity index (χ1v) is 6.91. The molecule has 0 saturated heterocycles. The molecule has 0 aromatic heterocycles. The molecule has 0 unspecified atom stereocenters. The second-order valence-corrected chi connectivity index (χ2v) is 5.75. The predicted octanol–water partition coefficient (Wildman–Crippen LogP) is 4.12. The molecule has 0 aliphatic heterocycles. The van der Waals surface area contributed by atoms with Gasteiger partial charge in [-0.15, -0.1) is 0 Å². The summed E-state index contributed by atoms with van der Waals surface area (Å²) in [6, 6.07) is 0. The topological polar surface area (TPSA) is 18.5 Å². The van der Waals surface area contributed by atoms with Crippen molar-refractivity contribution in [1.82, 2.24) is 0 Å². The highest BCUT2D eigenvalue weighted by Gasteiger charge is 2.31. The Kier molecular flexibility index (Phi) is 6.66. The zero-order valence-corrected chi connectivity index (χ0v) is 12.4. The van der Waals surface area contributed by atoms with Crippen molar-refractivity contribution in [2.75, 3.05) is 27.4 Å². The minimum atomic E-state index is 0.212. The molecule has 0 saturated carbocycles. The van der Waals surface area contributed by atoms with Gasteiger partial charge in [0.1, 0.15) is 0 Å². The van der Waals surface area contributed by atoms with Crippen LogP contribution in [0.15, 0.2) is 23.3 Å². The molecule has 2 heteroatoms. The molecule has 0 radical (unpaired) electrons. The van der Waals surface area contributed by atoms with Gasteiger partial charge in [-0.05, 0) is 46.0 Å². The third-order valence-electron chi connectivity index (χ3n) is 3.72. The smallest absolute Gasteiger partial charge is 0.0543 e. The van der Waals surface area contributed by atoms with Crippen LogP contribution in [-0.4, -0.2) is 27.4 Å². The van der Waals surface area contributed by atoms with Crippen LogP contribution in [0.25, 0.3) is 0 Å². The molecule has 0 fully saturated rings. The number of hydrogen-bond acceptors (Lipinski definition) is 2. The molecule has 1 aliphatic rings. The lowest BCUT2D eigenvalue weighted by Crippen LogP contribution is -2.33. The summed E-state index contributed by atoms with van der Waals surface area (Å²) in [6.07, 6.45) is 10.6. The fraction of sp³-hybridized carbons (Fsp3) is 0.750. The summed E-state index contributed by atoms with van der Waals surface area (Å²) in [6.45, 7) is 5.94. The molecule has 0 N–H and O–H groups in total. The van der Waals surface area contributed by atoms with E-state index in [1.807, 2.05) is 0 Å². The third-order valence-corrected chi connectivity index (χ3v) is 3.72. The highest BCUT2D eigenvalue weighted by atomic mass is 16.5. The van der Waals surface area contributed by atoms with Crippen molar-refractivity contribution in [2.24, 2.45) is 5.41 Å². The number of methoxy groups -OCH3 is 2. The van der Waals surface area contributed by atoms with Crippen LogP contribution in [0.3, 0.4) is 0 Å². The van der Waals surface area contributed by atoms with Gasteiger partial charge in [0.25, 0.3) is 0 Å². The lowest BCUT2D eigenvalue weighted by molar-refractivity contribution is 0.00325. The minimum absolute atomic E-state index is 0.212. The summed E-state index contributed by atoms with van der Waals surface area (Å²) < 4.78 is 10.7. The SMILES string of the molecule is COCC1(COC)CC=C(CCC=C(C)C)CC1. The Labute approximate surface area is 112 Å². The van der Waals surface area contributed by atoms with Gasteiger partial charge in [-0.3, -0.25) is 0 Å². The Morgan fingerprint density at radius 1 is 1.28 bits per heavy atom. The molecule has 0 amide bonds. The first kappa shape index (κ1) is 15.5. The van der Waals surface area contributed by atoms with E-state index in [9.17, 15) is 0 Å². The van der Waals surface area contributed by atoms with Gasteiger partial charge in [-0.1, -0.05) is 23.3 Å². The molecule has 0 aromatic carbocycles. The second kappa shape index (κ2) is 7.75. The van der Waals surface area contributed by atoms with Gasteiger partial charge >= 0.3 is 0 Å². The maximum atomic E-state index is 5.37. The Bertz CT molecular complexity index is 292. The van der Waals surface area contributed by atoms with Crippen LogP contribution in [0.4, 0.5) is 0 Å². The van der Waals surface area contributed by atoms with Crippen LogP contribution in [0, 0.1) is 5.41 Å². The molecule has 0 spiro atoms. The molecule has 1 rings (SSSR count). The predicted molar refractivity (Wildman–Crippen MR) is 76.8 cm³/mol. The lowest BCUT2D eigenvalue weighted by atomic mass is 9.75. The molecular formula is C16H28O2. The van der Waals surface area contributed by atoms with Gasteiger partial charge in [-0.2, -0.15) is 0 Å². The van der Waals surface area contributed by atoms with E-state index in [0.717, 1.165) is 19.6 Å². The van der Waals surface area contributed by atoms with Crippen LogP contribution in [0.1, 0.15) is 46.0 Å². The van der Waals surface area contributed by atoms with E-state index in [4.69, 9.17) is 9.47 Å². The second-order valence-electron chi connectivity index (χ2n) is 5.75. The molecule has 0 aromatic rings. The molecule has 18 heavy (non-hydrogen) atoms. The van der Waals surface area contributed by atoms with Crippen molar-refractivity contribution in [3.63, 3.8) is 0 Å². The summed E-state index contributed by atoms with van der Waals surface area (Å²) in [7, 11) is 3.57. The number of ether oxygens (including phenoxy) is 2. The average Bonchev–Trinajstić information content (AvgIpc) is 2.32. The maximum absolute atomic E-state index is 5.37. The van der Waals surface area contributed by atoms with Crippen molar-refractivity contribution >= 4 is 0 Å². The maximum Gasteiger partial charge on any atom is 0.0543 e. The summed E-state index contributed by atoms with van der Waals surface area (Å²) >= 11 is 0. The largest absolute Gasteiger partial charge is 0.384 e. The third kappa shape index (κ3) is 4.95. The molecule has 104 valence electrons. The van der Waals surface area contributed by atoms with E-state index in [-0.39, 0.29) is 5.41 Å². The number of hydrogen-bond donors (Lipinski definition) is 0. The Morgan fingerprint density at radius 2 is 1.94 bits per heavy atom. The van der Waals surface area contributed by atoms with E-state index in [1.165, 1.54) is 31.3 Å². The summed E-state index contributed by atoms with van der Waals surface area (Å²) in [5, 5.41) is 0. The Balaban J connectivity index is 2.49. The zero-order valence-electron chi connectivity index (χ0n) is 12.4. The monoisotopic (exact) mass is 252 g/mol. The van der Waals surface area contributed by atoms with Gasteiger partial charge in [0.05, 0.1) is 13.2 Å². The van der Waals surface area contributed by atoms with Crippen molar-refractivity contribution in [3.05, 3.63) is 23.3 Å². The fourth-order valence-corrected chi connectivity index (χ4v) is 2.68. The summed E-state index contributed by atoms with van der Waals surface area (Å²) in [4.78, 5) is 0. The fourth-order valence-electron chi connectivity index (χ4n) is 2.68. The minimum Gasteiger partial charge on any atom is -0.384 e. The quantitative estimate of drug-likeness (QED) is 0.634. The normalized spacial score (nSPS) is 18.3. The molecule has 2 nitrogen and oxygen atoms in total. The molecule has 0 atom stereocenters.